The minimum absolute atomic E-state index is 0.0774. The Morgan fingerprint density at radius 2 is 1.93 bits per heavy atom. The second-order valence-corrected chi connectivity index (χ2v) is 10.3. The number of nitrogens with zero attached hydrogens (tertiary/aromatic N) is 2. The van der Waals surface area contributed by atoms with E-state index < -0.39 is 10.2 Å². The van der Waals surface area contributed by atoms with Crippen molar-refractivity contribution in [2.75, 3.05) is 13.1 Å². The van der Waals surface area contributed by atoms with Gasteiger partial charge in [-0.1, -0.05) is 19.1 Å². The maximum atomic E-state index is 13.4. The van der Waals surface area contributed by atoms with Gasteiger partial charge in [-0.3, -0.25) is 4.79 Å². The number of carbonyl (C=O) groups excluding carboxylic acids is 1. The number of hydrogen-bond acceptors (Lipinski definition) is 4. The van der Waals surface area contributed by atoms with Crippen LogP contribution in [0.15, 0.2) is 47.1 Å². The topological polar surface area (TPSA) is 82.9 Å². The molecule has 162 valence electrons. The van der Waals surface area contributed by atoms with Gasteiger partial charge < -0.3 is 9.73 Å². The van der Waals surface area contributed by atoms with Gasteiger partial charge in [-0.25, -0.2) is 0 Å². The summed E-state index contributed by atoms with van der Waals surface area (Å²) < 4.78 is 35.3. The van der Waals surface area contributed by atoms with Crippen molar-refractivity contribution in [3.8, 4) is 0 Å². The molecule has 1 atom stereocenters. The third-order valence-electron chi connectivity index (χ3n) is 5.67. The van der Waals surface area contributed by atoms with Crippen molar-refractivity contribution in [1.29, 1.82) is 0 Å². The fourth-order valence-electron chi connectivity index (χ4n) is 3.78. The fourth-order valence-corrected chi connectivity index (χ4v) is 5.51. The molecule has 0 unspecified atom stereocenters. The van der Waals surface area contributed by atoms with E-state index in [4.69, 9.17) is 4.42 Å². The monoisotopic (exact) mass is 431 g/mol. The smallest absolute Gasteiger partial charge is 0.282 e. The first-order valence-electron chi connectivity index (χ1n) is 10.6. The van der Waals surface area contributed by atoms with Gasteiger partial charge in [0.25, 0.3) is 16.1 Å². The minimum Gasteiger partial charge on any atom is -0.468 e. The number of piperidine rings is 1. The highest BCUT2D eigenvalue weighted by Gasteiger charge is 2.33. The fraction of sp³-hybridized carbons (Fsp3) is 0.500. The average molecular weight is 432 g/mol. The lowest BCUT2D eigenvalue weighted by atomic mass is 10.0. The highest BCUT2D eigenvalue weighted by Crippen LogP contribution is 2.24. The third-order valence-corrected chi connectivity index (χ3v) is 7.57. The van der Waals surface area contributed by atoms with Gasteiger partial charge in [0.05, 0.1) is 12.8 Å². The van der Waals surface area contributed by atoms with Crippen LogP contribution in [0.1, 0.15) is 54.3 Å². The highest BCUT2D eigenvalue weighted by molar-refractivity contribution is 7.86. The lowest BCUT2D eigenvalue weighted by Crippen LogP contribution is -2.47. The van der Waals surface area contributed by atoms with Crippen LogP contribution in [0.25, 0.3) is 0 Å². The molecule has 0 bridgehead atoms. The summed E-state index contributed by atoms with van der Waals surface area (Å²) in [6.07, 6.45) is 5.56. The van der Waals surface area contributed by atoms with E-state index in [0.717, 1.165) is 31.2 Å². The molecule has 0 spiro atoms. The summed E-state index contributed by atoms with van der Waals surface area (Å²) in [7, 11) is -3.64. The van der Waals surface area contributed by atoms with E-state index >= 15 is 0 Å². The summed E-state index contributed by atoms with van der Waals surface area (Å²) in [4.78, 5) is 12.2. The summed E-state index contributed by atoms with van der Waals surface area (Å²) in [5.74, 6) is 0.874. The Hall–Kier alpha value is -2.16. The Labute approximate surface area is 178 Å². The Bertz CT molecular complexity index is 953. The SMILES string of the molecule is C[C@@H]1CCCN(S(=O)(=O)N(Cc2ccc(C(=O)NC3CC3)cc2)Cc2ccco2)C1. The van der Waals surface area contributed by atoms with Crippen LogP contribution in [0, 0.1) is 5.92 Å². The molecular weight excluding hydrogens is 402 g/mol. The first-order valence-corrected chi connectivity index (χ1v) is 12.0. The van der Waals surface area contributed by atoms with Crippen molar-refractivity contribution in [3.63, 3.8) is 0 Å². The van der Waals surface area contributed by atoms with E-state index in [1.807, 2.05) is 12.1 Å². The van der Waals surface area contributed by atoms with Gasteiger partial charge in [0.2, 0.25) is 0 Å². The number of nitrogens with one attached hydrogen (secondary N) is 1. The van der Waals surface area contributed by atoms with Crippen LogP contribution < -0.4 is 5.32 Å². The Kier molecular flexibility index (Phi) is 6.26. The van der Waals surface area contributed by atoms with Gasteiger partial charge in [0, 0.05) is 31.2 Å². The van der Waals surface area contributed by atoms with Crippen molar-refractivity contribution < 1.29 is 17.6 Å². The quantitative estimate of drug-likeness (QED) is 0.696. The molecule has 8 heteroatoms. The number of carbonyl (C=O) groups is 1. The molecule has 1 N–H and O–H groups in total. The molecule has 1 saturated carbocycles. The van der Waals surface area contributed by atoms with Crippen molar-refractivity contribution in [2.24, 2.45) is 5.92 Å². The normalized spacial score (nSPS) is 20.4. The van der Waals surface area contributed by atoms with Gasteiger partial charge in [-0.2, -0.15) is 17.0 Å². The molecule has 2 aromatic rings. The van der Waals surface area contributed by atoms with Crippen LogP contribution in [0.3, 0.4) is 0 Å². The van der Waals surface area contributed by atoms with Crippen LogP contribution in [-0.4, -0.2) is 42.1 Å². The van der Waals surface area contributed by atoms with Crippen LogP contribution in [0.2, 0.25) is 0 Å². The molecule has 2 aliphatic rings. The predicted octanol–water partition coefficient (Wildman–Crippen LogP) is 3.15. The second-order valence-electron chi connectivity index (χ2n) is 8.41. The molecule has 1 saturated heterocycles. The summed E-state index contributed by atoms with van der Waals surface area (Å²) in [6.45, 7) is 3.56. The van der Waals surface area contributed by atoms with Crippen molar-refractivity contribution in [1.82, 2.24) is 13.9 Å². The zero-order valence-corrected chi connectivity index (χ0v) is 18.1. The molecule has 1 amide bonds. The lowest BCUT2D eigenvalue weighted by Gasteiger charge is -2.34. The molecule has 30 heavy (non-hydrogen) atoms. The summed E-state index contributed by atoms with van der Waals surface area (Å²) in [6, 6.07) is 11.0. The summed E-state index contributed by atoms with van der Waals surface area (Å²) in [5.41, 5.74) is 1.43. The van der Waals surface area contributed by atoms with Crippen LogP contribution >= 0.6 is 0 Å². The van der Waals surface area contributed by atoms with Crippen LogP contribution in [0.4, 0.5) is 0 Å². The summed E-state index contributed by atoms with van der Waals surface area (Å²) in [5, 5.41) is 2.97. The first kappa shape index (κ1) is 21.1. The molecule has 7 nitrogen and oxygen atoms in total. The van der Waals surface area contributed by atoms with Gasteiger partial charge in [0.1, 0.15) is 5.76 Å². The Morgan fingerprint density at radius 1 is 1.17 bits per heavy atom. The van der Waals surface area contributed by atoms with E-state index in [9.17, 15) is 13.2 Å². The molecule has 2 heterocycles. The second kappa shape index (κ2) is 8.91. The molecule has 1 aliphatic carbocycles. The molecule has 1 aliphatic heterocycles. The van der Waals surface area contributed by atoms with Gasteiger partial charge in [-0.05, 0) is 61.4 Å². The van der Waals surface area contributed by atoms with Crippen molar-refractivity contribution in [2.45, 2.75) is 51.7 Å². The number of benzene rings is 1. The maximum Gasteiger partial charge on any atom is 0.282 e. The van der Waals surface area contributed by atoms with E-state index in [0.29, 0.717) is 36.4 Å². The van der Waals surface area contributed by atoms with E-state index in [1.165, 1.54) is 4.31 Å². The van der Waals surface area contributed by atoms with Gasteiger partial charge in [0.15, 0.2) is 0 Å². The third kappa shape index (κ3) is 5.11. The van der Waals surface area contributed by atoms with E-state index in [-0.39, 0.29) is 19.0 Å². The Morgan fingerprint density at radius 3 is 2.57 bits per heavy atom. The van der Waals surface area contributed by atoms with Gasteiger partial charge >= 0.3 is 0 Å². The van der Waals surface area contributed by atoms with Crippen molar-refractivity contribution in [3.05, 3.63) is 59.5 Å². The first-order chi connectivity index (χ1) is 14.4. The number of rotatable bonds is 8. The largest absolute Gasteiger partial charge is 0.468 e. The zero-order chi connectivity index (χ0) is 21.1. The molecule has 2 fully saturated rings. The minimum atomic E-state index is -3.64. The zero-order valence-electron chi connectivity index (χ0n) is 17.3. The number of hydrogen-bond donors (Lipinski definition) is 1. The average Bonchev–Trinajstić information content (AvgIpc) is 3.39. The molecular formula is C22H29N3O4S. The van der Waals surface area contributed by atoms with E-state index in [1.54, 1.807) is 34.8 Å². The number of amides is 1. The molecule has 1 aromatic heterocycles. The van der Waals surface area contributed by atoms with Crippen LogP contribution in [0.5, 0.6) is 0 Å². The lowest BCUT2D eigenvalue weighted by molar-refractivity contribution is 0.0951. The molecule has 1 aromatic carbocycles. The highest BCUT2D eigenvalue weighted by atomic mass is 32.2. The van der Waals surface area contributed by atoms with E-state index in [2.05, 4.69) is 12.2 Å². The van der Waals surface area contributed by atoms with Crippen molar-refractivity contribution >= 4 is 16.1 Å². The standard InChI is InChI=1S/C22H29N3O4S/c1-17-4-2-12-24(14-17)30(27,28)25(16-21-5-3-13-29-21)15-18-6-8-19(9-7-18)22(26)23-20-10-11-20/h3,5-9,13,17,20H,2,4,10-12,14-16H2,1H3,(H,23,26)/t17-/m1/s1. The number of furan rings is 1. The van der Waals surface area contributed by atoms with Crippen LogP contribution in [-0.2, 0) is 23.3 Å². The Balaban J connectivity index is 1.51. The maximum absolute atomic E-state index is 13.4. The molecule has 0 radical (unpaired) electrons. The van der Waals surface area contributed by atoms with Gasteiger partial charge in [-0.15, -0.1) is 0 Å². The summed E-state index contributed by atoms with van der Waals surface area (Å²) >= 11 is 0. The predicted molar refractivity (Wildman–Crippen MR) is 114 cm³/mol. The molecule has 4 rings (SSSR count).